The number of ether oxygens (including phenoxy) is 1. The molecule has 2 aliphatic rings. The number of fused-ring (bicyclic) bond motifs is 3. The lowest BCUT2D eigenvalue weighted by molar-refractivity contribution is -0.127. The third-order valence-corrected chi connectivity index (χ3v) is 5.93. The third-order valence-electron chi connectivity index (χ3n) is 5.93. The first kappa shape index (κ1) is 20.4. The summed E-state index contributed by atoms with van der Waals surface area (Å²) >= 11 is 0. The summed E-state index contributed by atoms with van der Waals surface area (Å²) in [4.78, 5) is 38.3. The summed E-state index contributed by atoms with van der Waals surface area (Å²) in [5.74, 6) is 0.576. The van der Waals surface area contributed by atoms with Gasteiger partial charge in [-0.05, 0) is 69.2 Å². The van der Waals surface area contributed by atoms with Crippen molar-refractivity contribution in [2.75, 3.05) is 19.6 Å². The molecule has 0 bridgehead atoms. The molecule has 30 heavy (non-hydrogen) atoms. The highest BCUT2D eigenvalue weighted by atomic mass is 16.5. The molecule has 0 spiro atoms. The van der Waals surface area contributed by atoms with Crippen molar-refractivity contribution in [3.63, 3.8) is 0 Å². The monoisotopic (exact) mass is 412 g/mol. The van der Waals surface area contributed by atoms with Gasteiger partial charge in [0.2, 0.25) is 5.91 Å². The average molecular weight is 412 g/mol. The van der Waals surface area contributed by atoms with Gasteiger partial charge in [0.15, 0.2) is 6.10 Å². The van der Waals surface area contributed by atoms with Crippen molar-refractivity contribution in [3.05, 3.63) is 39.2 Å². The Hall–Kier alpha value is -2.83. The summed E-state index contributed by atoms with van der Waals surface area (Å²) in [6.45, 7) is 5.60. The lowest BCUT2D eigenvalue weighted by atomic mass is 10.0. The predicted octanol–water partition coefficient (Wildman–Crippen LogP) is 2.49. The molecule has 1 N–H and O–H groups in total. The minimum atomic E-state index is -0.688. The van der Waals surface area contributed by atoms with Crippen molar-refractivity contribution in [1.82, 2.24) is 10.2 Å². The highest BCUT2D eigenvalue weighted by Crippen LogP contribution is 2.35. The maximum Gasteiger partial charge on any atom is 0.339 e. The van der Waals surface area contributed by atoms with Gasteiger partial charge in [0.25, 0.3) is 5.91 Å². The number of hydrogen-bond acceptors (Lipinski definition) is 5. The van der Waals surface area contributed by atoms with Gasteiger partial charge in [0.05, 0.1) is 5.39 Å². The molecule has 4 rings (SSSR count). The zero-order valence-corrected chi connectivity index (χ0v) is 17.6. The molecule has 2 heterocycles. The average Bonchev–Trinajstić information content (AvgIpc) is 3.34. The van der Waals surface area contributed by atoms with E-state index in [4.69, 9.17) is 9.15 Å². The van der Waals surface area contributed by atoms with Crippen molar-refractivity contribution in [2.45, 2.75) is 58.5 Å². The van der Waals surface area contributed by atoms with Crippen LogP contribution >= 0.6 is 0 Å². The van der Waals surface area contributed by atoms with Crippen molar-refractivity contribution < 1.29 is 18.7 Å². The van der Waals surface area contributed by atoms with E-state index in [1.54, 1.807) is 6.92 Å². The second kappa shape index (κ2) is 8.50. The molecule has 1 fully saturated rings. The molecule has 1 saturated heterocycles. The van der Waals surface area contributed by atoms with Crippen LogP contribution in [0.25, 0.3) is 11.0 Å². The van der Waals surface area contributed by atoms with Gasteiger partial charge in [-0.1, -0.05) is 0 Å². The fraction of sp³-hybridized carbons (Fsp3) is 0.522. The van der Waals surface area contributed by atoms with E-state index in [1.807, 2.05) is 24.0 Å². The van der Waals surface area contributed by atoms with Gasteiger partial charge in [-0.2, -0.15) is 0 Å². The fourth-order valence-corrected chi connectivity index (χ4v) is 4.41. The number of aryl methyl sites for hydroxylation is 2. The normalized spacial score (nSPS) is 16.7. The van der Waals surface area contributed by atoms with E-state index < -0.39 is 6.10 Å². The summed E-state index contributed by atoms with van der Waals surface area (Å²) in [7, 11) is 0. The Morgan fingerprint density at radius 1 is 1.20 bits per heavy atom. The van der Waals surface area contributed by atoms with Crippen LogP contribution < -0.4 is 15.7 Å². The minimum Gasteiger partial charge on any atom is -0.480 e. The van der Waals surface area contributed by atoms with E-state index in [0.29, 0.717) is 30.8 Å². The van der Waals surface area contributed by atoms with Gasteiger partial charge in [-0.25, -0.2) is 4.79 Å². The number of carbonyl (C=O) groups is 2. The van der Waals surface area contributed by atoms with E-state index >= 15 is 0 Å². The van der Waals surface area contributed by atoms with Gasteiger partial charge in [0, 0.05) is 31.6 Å². The quantitative estimate of drug-likeness (QED) is 0.558. The maximum absolute atomic E-state index is 12.5. The number of carbonyl (C=O) groups excluding carboxylic acids is 2. The maximum atomic E-state index is 12.5. The van der Waals surface area contributed by atoms with Crippen LogP contribution in [-0.2, 0) is 22.4 Å². The molecule has 1 atom stereocenters. The summed E-state index contributed by atoms with van der Waals surface area (Å²) in [6, 6.07) is 3.73. The number of amides is 2. The first-order valence-corrected chi connectivity index (χ1v) is 10.8. The Balaban J connectivity index is 1.43. The first-order valence-electron chi connectivity index (χ1n) is 10.8. The zero-order chi connectivity index (χ0) is 21.3. The van der Waals surface area contributed by atoms with Crippen LogP contribution in [-0.4, -0.2) is 42.5 Å². The second-order valence-corrected chi connectivity index (χ2v) is 8.23. The van der Waals surface area contributed by atoms with E-state index in [0.717, 1.165) is 60.7 Å². The van der Waals surface area contributed by atoms with Gasteiger partial charge in [0.1, 0.15) is 11.3 Å². The number of benzene rings is 1. The summed E-state index contributed by atoms with van der Waals surface area (Å²) < 4.78 is 11.6. The van der Waals surface area contributed by atoms with Crippen molar-refractivity contribution >= 4 is 22.8 Å². The first-order chi connectivity index (χ1) is 14.4. The topological polar surface area (TPSA) is 88.9 Å². The van der Waals surface area contributed by atoms with Gasteiger partial charge in [-0.15, -0.1) is 0 Å². The number of nitrogens with one attached hydrogen (secondary N) is 1. The standard InChI is InChI=1S/C23H28N2O5/c1-14-12-18(21-16-6-3-7-17(16)23(28)30-19(21)13-14)29-15(2)22(27)24-9-5-11-25-10-4-8-20(25)26/h12-13,15H,3-11H2,1-2H3,(H,24,27)/t15-/m1/s1. The SMILES string of the molecule is Cc1cc(O[C@H](C)C(=O)NCCCN2CCCC2=O)c2c3c(c(=O)oc2c1)CCC3. The number of likely N-dealkylation sites (tertiary alicyclic amines) is 1. The predicted molar refractivity (Wildman–Crippen MR) is 113 cm³/mol. The van der Waals surface area contributed by atoms with Crippen LogP contribution in [0.15, 0.2) is 21.3 Å². The van der Waals surface area contributed by atoms with Crippen LogP contribution in [0.1, 0.15) is 49.3 Å². The highest BCUT2D eigenvalue weighted by Gasteiger charge is 2.24. The van der Waals surface area contributed by atoms with Crippen LogP contribution in [0.2, 0.25) is 0 Å². The molecule has 2 amide bonds. The molecule has 1 aromatic carbocycles. The second-order valence-electron chi connectivity index (χ2n) is 8.23. The molecule has 7 heteroatoms. The third kappa shape index (κ3) is 4.06. The molecule has 1 aromatic heterocycles. The van der Waals surface area contributed by atoms with Gasteiger partial charge >= 0.3 is 5.63 Å². The summed E-state index contributed by atoms with van der Waals surface area (Å²) in [6.07, 6.45) is 4.03. The van der Waals surface area contributed by atoms with Crippen molar-refractivity contribution in [1.29, 1.82) is 0 Å². The van der Waals surface area contributed by atoms with Crippen LogP contribution in [0.3, 0.4) is 0 Å². The Morgan fingerprint density at radius 3 is 2.77 bits per heavy atom. The van der Waals surface area contributed by atoms with Crippen LogP contribution in [0.5, 0.6) is 5.75 Å². The molecule has 1 aliphatic heterocycles. The van der Waals surface area contributed by atoms with E-state index in [1.165, 1.54) is 0 Å². The van der Waals surface area contributed by atoms with E-state index in [-0.39, 0.29) is 17.4 Å². The highest BCUT2D eigenvalue weighted by molar-refractivity contribution is 5.89. The number of rotatable bonds is 7. The molecule has 0 saturated carbocycles. The smallest absolute Gasteiger partial charge is 0.339 e. The number of hydrogen-bond donors (Lipinski definition) is 1. The largest absolute Gasteiger partial charge is 0.480 e. The van der Waals surface area contributed by atoms with Crippen LogP contribution in [0.4, 0.5) is 0 Å². The zero-order valence-electron chi connectivity index (χ0n) is 17.6. The van der Waals surface area contributed by atoms with Crippen molar-refractivity contribution in [2.24, 2.45) is 0 Å². The lowest BCUT2D eigenvalue weighted by Gasteiger charge is -2.19. The van der Waals surface area contributed by atoms with E-state index in [9.17, 15) is 14.4 Å². The lowest BCUT2D eigenvalue weighted by Crippen LogP contribution is -2.38. The molecule has 160 valence electrons. The molecule has 2 aromatic rings. The Morgan fingerprint density at radius 2 is 2.00 bits per heavy atom. The molecule has 7 nitrogen and oxygen atoms in total. The van der Waals surface area contributed by atoms with E-state index in [2.05, 4.69) is 5.32 Å². The van der Waals surface area contributed by atoms with Gasteiger partial charge < -0.3 is 19.4 Å². The van der Waals surface area contributed by atoms with Crippen LogP contribution in [0, 0.1) is 6.92 Å². The summed E-state index contributed by atoms with van der Waals surface area (Å²) in [5, 5.41) is 3.70. The molecule has 0 radical (unpaired) electrons. The molecule has 0 unspecified atom stereocenters. The Bertz CT molecular complexity index is 1040. The molecular weight excluding hydrogens is 384 g/mol. The Kier molecular flexibility index (Phi) is 5.79. The fourth-order valence-electron chi connectivity index (χ4n) is 4.41. The molecule has 1 aliphatic carbocycles. The Labute approximate surface area is 175 Å². The van der Waals surface area contributed by atoms with Gasteiger partial charge in [-0.3, -0.25) is 9.59 Å². The minimum absolute atomic E-state index is 0.198. The number of nitrogens with zero attached hydrogens (tertiary/aromatic N) is 1. The molecular formula is C23H28N2O5. The van der Waals surface area contributed by atoms with Crippen molar-refractivity contribution in [3.8, 4) is 5.75 Å². The summed E-state index contributed by atoms with van der Waals surface area (Å²) in [5.41, 5.74) is 2.86.